The average molecular weight is 260 g/mol. The minimum atomic E-state index is -0.232. The van der Waals surface area contributed by atoms with Crippen LogP contribution >= 0.6 is 27.3 Å². The molecule has 1 heterocycles. The van der Waals surface area contributed by atoms with E-state index in [0.29, 0.717) is 6.54 Å². The van der Waals surface area contributed by atoms with Gasteiger partial charge in [-0.25, -0.2) is 0 Å². The third kappa shape index (κ3) is 2.11. The van der Waals surface area contributed by atoms with Gasteiger partial charge in [0.25, 0.3) is 0 Å². The second kappa shape index (κ2) is 3.42. The lowest BCUT2D eigenvalue weighted by Crippen LogP contribution is -2.31. The molecule has 1 N–H and O–H groups in total. The van der Waals surface area contributed by atoms with E-state index in [1.54, 1.807) is 11.3 Å². The molecule has 0 atom stereocenters. The Morgan fingerprint density at radius 2 is 2.46 bits per heavy atom. The number of alkyl halides is 1. The van der Waals surface area contributed by atoms with Crippen molar-refractivity contribution in [1.82, 2.24) is 5.32 Å². The molecule has 1 aliphatic rings. The number of amides is 1. The molecule has 1 amide bonds. The predicted molar refractivity (Wildman–Crippen MR) is 57.1 cm³/mol. The van der Waals surface area contributed by atoms with Crippen molar-refractivity contribution in [2.45, 2.75) is 23.7 Å². The van der Waals surface area contributed by atoms with E-state index in [1.807, 2.05) is 17.5 Å². The molecule has 0 radical (unpaired) electrons. The van der Waals surface area contributed by atoms with Crippen molar-refractivity contribution in [3.05, 3.63) is 22.4 Å². The molecule has 1 aliphatic carbocycles. The summed E-state index contributed by atoms with van der Waals surface area (Å²) in [4.78, 5) is 12.7. The molecule has 0 unspecified atom stereocenters. The highest BCUT2D eigenvalue weighted by Crippen LogP contribution is 2.44. The number of hydrogen-bond acceptors (Lipinski definition) is 2. The molecule has 70 valence electrons. The molecule has 1 aromatic heterocycles. The first-order valence-electron chi connectivity index (χ1n) is 4.20. The van der Waals surface area contributed by atoms with Gasteiger partial charge in [-0.2, -0.15) is 0 Å². The van der Waals surface area contributed by atoms with Crippen molar-refractivity contribution in [3.63, 3.8) is 0 Å². The molecule has 0 saturated heterocycles. The summed E-state index contributed by atoms with van der Waals surface area (Å²) < 4.78 is -0.232. The normalized spacial score (nSPS) is 18.2. The maximum absolute atomic E-state index is 11.5. The summed E-state index contributed by atoms with van der Waals surface area (Å²) in [6, 6.07) is 4.02. The van der Waals surface area contributed by atoms with Gasteiger partial charge < -0.3 is 5.32 Å². The van der Waals surface area contributed by atoms with Gasteiger partial charge in [-0.05, 0) is 24.3 Å². The zero-order valence-corrected chi connectivity index (χ0v) is 9.45. The lowest BCUT2D eigenvalue weighted by molar-refractivity contribution is -0.121. The monoisotopic (exact) mass is 259 g/mol. The van der Waals surface area contributed by atoms with Gasteiger partial charge in [0, 0.05) is 4.88 Å². The Morgan fingerprint density at radius 1 is 1.69 bits per heavy atom. The quantitative estimate of drug-likeness (QED) is 0.830. The molecule has 0 aliphatic heterocycles. The number of thiophene rings is 1. The number of nitrogens with one attached hydrogen (secondary N) is 1. The predicted octanol–water partition coefficient (Wildman–Crippen LogP) is 2.29. The average Bonchev–Trinajstić information content (AvgIpc) is 2.70. The summed E-state index contributed by atoms with van der Waals surface area (Å²) in [5, 5.41) is 4.93. The summed E-state index contributed by atoms with van der Waals surface area (Å²) in [6.45, 7) is 0.657. The van der Waals surface area contributed by atoms with Gasteiger partial charge in [-0.15, -0.1) is 11.3 Å². The van der Waals surface area contributed by atoms with Crippen molar-refractivity contribution in [2.75, 3.05) is 0 Å². The Hall–Kier alpha value is -0.350. The zero-order valence-electron chi connectivity index (χ0n) is 7.05. The van der Waals surface area contributed by atoms with Gasteiger partial charge in [0.15, 0.2) is 0 Å². The number of rotatable bonds is 3. The van der Waals surface area contributed by atoms with Crippen LogP contribution in [-0.2, 0) is 11.3 Å². The first kappa shape index (κ1) is 9.21. The van der Waals surface area contributed by atoms with Crippen molar-refractivity contribution in [2.24, 2.45) is 0 Å². The molecule has 2 nitrogen and oxygen atoms in total. The Bertz CT molecular complexity index is 305. The van der Waals surface area contributed by atoms with Crippen LogP contribution < -0.4 is 5.32 Å². The van der Waals surface area contributed by atoms with Crippen LogP contribution in [0.25, 0.3) is 0 Å². The second-order valence-electron chi connectivity index (χ2n) is 3.23. The number of carbonyl (C=O) groups excluding carboxylic acids is 1. The van der Waals surface area contributed by atoms with Crippen LogP contribution in [-0.4, -0.2) is 10.2 Å². The van der Waals surface area contributed by atoms with E-state index >= 15 is 0 Å². The highest BCUT2D eigenvalue weighted by molar-refractivity contribution is 9.10. The van der Waals surface area contributed by atoms with Crippen LogP contribution in [0.5, 0.6) is 0 Å². The lowest BCUT2D eigenvalue weighted by Gasteiger charge is -2.06. The fourth-order valence-electron chi connectivity index (χ4n) is 1.08. The summed E-state index contributed by atoms with van der Waals surface area (Å²) in [5.41, 5.74) is 0. The highest BCUT2D eigenvalue weighted by Gasteiger charge is 2.47. The largest absolute Gasteiger partial charge is 0.350 e. The molecule has 4 heteroatoms. The Morgan fingerprint density at radius 3 is 3.00 bits per heavy atom. The maximum atomic E-state index is 11.5. The first-order valence-corrected chi connectivity index (χ1v) is 5.88. The molecule has 2 rings (SSSR count). The van der Waals surface area contributed by atoms with Gasteiger partial charge in [0.2, 0.25) is 5.91 Å². The van der Waals surface area contributed by atoms with Crippen LogP contribution in [0.15, 0.2) is 17.5 Å². The maximum Gasteiger partial charge on any atom is 0.237 e. The van der Waals surface area contributed by atoms with Crippen LogP contribution in [0.2, 0.25) is 0 Å². The van der Waals surface area contributed by atoms with Crippen LogP contribution in [0.4, 0.5) is 0 Å². The Labute approximate surface area is 89.5 Å². The highest BCUT2D eigenvalue weighted by atomic mass is 79.9. The van der Waals surface area contributed by atoms with Gasteiger partial charge in [-0.1, -0.05) is 22.0 Å². The molecule has 13 heavy (non-hydrogen) atoms. The summed E-state index contributed by atoms with van der Waals surface area (Å²) in [6.07, 6.45) is 1.92. The zero-order chi connectivity index (χ0) is 9.31. The molecule has 1 fully saturated rings. The first-order chi connectivity index (χ1) is 6.21. The van der Waals surface area contributed by atoms with E-state index in [-0.39, 0.29) is 10.2 Å². The fourth-order valence-corrected chi connectivity index (χ4v) is 2.06. The van der Waals surface area contributed by atoms with E-state index < -0.39 is 0 Å². The van der Waals surface area contributed by atoms with Crippen molar-refractivity contribution in [1.29, 1.82) is 0 Å². The number of halogens is 1. The molecule has 1 aromatic rings. The van der Waals surface area contributed by atoms with Crippen molar-refractivity contribution in [3.8, 4) is 0 Å². The standard InChI is InChI=1S/C9H10BrNOS/c10-9(3-4-9)8(12)11-6-7-2-1-5-13-7/h1-2,5H,3-4,6H2,(H,11,12). The van der Waals surface area contributed by atoms with E-state index in [4.69, 9.17) is 0 Å². The van der Waals surface area contributed by atoms with Crippen LogP contribution in [0.1, 0.15) is 17.7 Å². The molecule has 1 saturated carbocycles. The molecule has 0 aromatic carbocycles. The Kier molecular flexibility index (Phi) is 2.43. The van der Waals surface area contributed by atoms with Crippen LogP contribution in [0.3, 0.4) is 0 Å². The molecule has 0 spiro atoms. The molecular weight excluding hydrogens is 250 g/mol. The summed E-state index contributed by atoms with van der Waals surface area (Å²) >= 11 is 5.08. The van der Waals surface area contributed by atoms with E-state index in [0.717, 1.165) is 12.8 Å². The third-order valence-electron chi connectivity index (χ3n) is 2.10. The van der Waals surface area contributed by atoms with Crippen molar-refractivity contribution < 1.29 is 4.79 Å². The van der Waals surface area contributed by atoms with Gasteiger partial charge in [0.05, 0.1) is 6.54 Å². The topological polar surface area (TPSA) is 29.1 Å². The number of hydrogen-bond donors (Lipinski definition) is 1. The molecular formula is C9H10BrNOS. The van der Waals surface area contributed by atoms with Crippen molar-refractivity contribution >= 4 is 33.2 Å². The third-order valence-corrected chi connectivity index (χ3v) is 4.13. The summed E-state index contributed by atoms with van der Waals surface area (Å²) in [7, 11) is 0. The van der Waals surface area contributed by atoms with E-state index in [9.17, 15) is 4.79 Å². The minimum Gasteiger partial charge on any atom is -0.350 e. The molecule has 0 bridgehead atoms. The smallest absolute Gasteiger partial charge is 0.237 e. The SMILES string of the molecule is O=C(NCc1cccs1)C1(Br)CC1. The van der Waals surface area contributed by atoms with Gasteiger partial charge in [0.1, 0.15) is 4.32 Å². The summed E-state index contributed by atoms with van der Waals surface area (Å²) in [5.74, 6) is 0.126. The second-order valence-corrected chi connectivity index (χ2v) is 5.78. The lowest BCUT2D eigenvalue weighted by atomic mass is 10.4. The number of carbonyl (C=O) groups is 1. The minimum absolute atomic E-state index is 0.126. The van der Waals surface area contributed by atoms with E-state index in [1.165, 1.54) is 4.88 Å². The van der Waals surface area contributed by atoms with Crippen LogP contribution in [0, 0.1) is 0 Å². The Balaban J connectivity index is 1.83. The van der Waals surface area contributed by atoms with Gasteiger partial charge in [-0.3, -0.25) is 4.79 Å². The van der Waals surface area contributed by atoms with Gasteiger partial charge >= 0.3 is 0 Å². The fraction of sp³-hybridized carbons (Fsp3) is 0.444. The van der Waals surface area contributed by atoms with E-state index in [2.05, 4.69) is 21.2 Å².